The van der Waals surface area contributed by atoms with E-state index in [-0.39, 0.29) is 5.91 Å². The highest BCUT2D eigenvalue weighted by molar-refractivity contribution is 7.99. The van der Waals surface area contributed by atoms with Crippen LogP contribution in [0, 0.1) is 0 Å². The molecule has 2 N–H and O–H groups in total. The van der Waals surface area contributed by atoms with E-state index in [0.29, 0.717) is 17.3 Å². The highest BCUT2D eigenvalue weighted by atomic mass is 35.5. The van der Waals surface area contributed by atoms with Crippen LogP contribution >= 0.6 is 23.4 Å². The van der Waals surface area contributed by atoms with Gasteiger partial charge in [0.2, 0.25) is 0 Å². The minimum atomic E-state index is -0.0820. The lowest BCUT2D eigenvalue weighted by atomic mass is 10.2. The topological polar surface area (TPSA) is 57.4 Å². The van der Waals surface area contributed by atoms with Crippen LogP contribution in [-0.2, 0) is 0 Å². The molecule has 0 unspecified atom stereocenters. The Morgan fingerprint density at radius 3 is 2.58 bits per heavy atom. The first-order chi connectivity index (χ1) is 15.1. The minimum absolute atomic E-state index is 0.0820. The summed E-state index contributed by atoms with van der Waals surface area (Å²) in [6.07, 6.45) is 5.12. The quantitative estimate of drug-likeness (QED) is 0.485. The van der Waals surface area contributed by atoms with Crippen LogP contribution in [-0.4, -0.2) is 49.1 Å². The molecular weight excluding hydrogens is 430 g/mol. The number of H-pyrrole nitrogens is 1. The highest BCUT2D eigenvalue weighted by Gasteiger charge is 2.20. The maximum absolute atomic E-state index is 13.1. The molecule has 0 saturated carbocycles. The molecule has 1 saturated heterocycles. The zero-order valence-corrected chi connectivity index (χ0v) is 19.3. The molecular formula is C24H28ClN3O2S. The fraction of sp³-hybridized carbons (Fsp3) is 0.375. The molecule has 31 heavy (non-hydrogen) atoms. The number of rotatable bonds is 7. The number of benzene rings is 2. The van der Waals surface area contributed by atoms with E-state index in [9.17, 15) is 4.79 Å². The molecule has 1 aromatic heterocycles. The second-order valence-electron chi connectivity index (χ2n) is 7.81. The number of carbonyl (C=O) groups is 1. The molecule has 1 amide bonds. The van der Waals surface area contributed by atoms with Gasteiger partial charge in [0.25, 0.3) is 5.91 Å². The molecule has 4 rings (SSSR count). The lowest BCUT2D eigenvalue weighted by Gasteiger charge is -2.19. The van der Waals surface area contributed by atoms with Crippen molar-refractivity contribution in [1.82, 2.24) is 15.2 Å². The number of nitrogens with zero attached hydrogens (tertiary/aromatic N) is 1. The third-order valence-corrected chi connectivity index (χ3v) is 7.02. The maximum Gasteiger partial charge on any atom is 0.268 e. The fourth-order valence-corrected chi connectivity index (χ4v) is 5.11. The van der Waals surface area contributed by atoms with Crippen LogP contribution < -0.4 is 10.1 Å². The van der Waals surface area contributed by atoms with Gasteiger partial charge in [-0.15, -0.1) is 0 Å². The molecule has 164 valence electrons. The summed E-state index contributed by atoms with van der Waals surface area (Å²) in [6.45, 7) is 3.78. The summed E-state index contributed by atoms with van der Waals surface area (Å²) >= 11 is 7.60. The number of fused-ring (bicyclic) bond motifs is 1. The van der Waals surface area contributed by atoms with Crippen LogP contribution in [0.4, 0.5) is 0 Å². The van der Waals surface area contributed by atoms with Gasteiger partial charge in [0.15, 0.2) is 0 Å². The van der Waals surface area contributed by atoms with Crippen molar-refractivity contribution in [2.45, 2.75) is 35.5 Å². The molecule has 0 bridgehead atoms. The van der Waals surface area contributed by atoms with Gasteiger partial charge in [-0.25, -0.2) is 0 Å². The summed E-state index contributed by atoms with van der Waals surface area (Å²) in [4.78, 5) is 20.8. The standard InChI is InChI=1S/C24H28ClN3O2S/c1-30-18-8-11-20-21(16-18)27-22(23(20)31-19-9-6-17(25)7-10-19)24(29)26-12-15-28-13-4-2-3-5-14-28/h6-11,16,27H,2-5,12-15H2,1H3,(H,26,29). The van der Waals surface area contributed by atoms with E-state index in [0.717, 1.165) is 46.1 Å². The Balaban J connectivity index is 1.54. The molecule has 2 aromatic carbocycles. The predicted octanol–water partition coefficient (Wildman–Crippen LogP) is 5.59. The van der Waals surface area contributed by atoms with Crippen molar-refractivity contribution in [2.75, 3.05) is 33.3 Å². The van der Waals surface area contributed by atoms with Crippen LogP contribution in [0.2, 0.25) is 5.02 Å². The number of methoxy groups -OCH3 is 1. The number of hydrogen-bond acceptors (Lipinski definition) is 4. The largest absolute Gasteiger partial charge is 0.497 e. The first-order valence-corrected chi connectivity index (χ1v) is 12.0. The van der Waals surface area contributed by atoms with Crippen LogP contribution in [0.3, 0.4) is 0 Å². The third-order valence-electron chi connectivity index (χ3n) is 5.63. The van der Waals surface area contributed by atoms with E-state index in [1.807, 2.05) is 42.5 Å². The molecule has 5 nitrogen and oxygen atoms in total. The summed E-state index contributed by atoms with van der Waals surface area (Å²) in [5.74, 6) is 0.673. The number of amides is 1. The number of halogens is 1. The van der Waals surface area contributed by atoms with Crippen LogP contribution in [0.5, 0.6) is 5.75 Å². The summed E-state index contributed by atoms with van der Waals surface area (Å²) in [5, 5.41) is 4.81. The summed E-state index contributed by atoms with van der Waals surface area (Å²) < 4.78 is 5.36. The Kier molecular flexibility index (Phi) is 7.43. The molecule has 1 fully saturated rings. The van der Waals surface area contributed by atoms with Crippen molar-refractivity contribution < 1.29 is 9.53 Å². The molecule has 0 spiro atoms. The van der Waals surface area contributed by atoms with Crippen molar-refractivity contribution in [3.05, 3.63) is 53.2 Å². The minimum Gasteiger partial charge on any atom is -0.497 e. The molecule has 0 atom stereocenters. The fourth-order valence-electron chi connectivity index (χ4n) is 3.94. The van der Waals surface area contributed by atoms with Crippen molar-refractivity contribution in [3.63, 3.8) is 0 Å². The first-order valence-electron chi connectivity index (χ1n) is 10.8. The van der Waals surface area contributed by atoms with E-state index >= 15 is 0 Å². The Labute approximate surface area is 192 Å². The van der Waals surface area contributed by atoms with Crippen molar-refractivity contribution in [1.29, 1.82) is 0 Å². The third kappa shape index (κ3) is 5.56. The summed E-state index contributed by atoms with van der Waals surface area (Å²) in [7, 11) is 1.64. The maximum atomic E-state index is 13.1. The highest BCUT2D eigenvalue weighted by Crippen LogP contribution is 2.38. The van der Waals surface area contributed by atoms with Gasteiger partial charge >= 0.3 is 0 Å². The average molecular weight is 458 g/mol. The number of aromatic amines is 1. The summed E-state index contributed by atoms with van der Waals surface area (Å²) in [6, 6.07) is 13.5. The van der Waals surface area contributed by atoms with Gasteiger partial charge in [-0.1, -0.05) is 36.2 Å². The molecule has 2 heterocycles. The van der Waals surface area contributed by atoms with Gasteiger partial charge in [-0.2, -0.15) is 0 Å². The number of likely N-dealkylation sites (tertiary alicyclic amines) is 1. The smallest absolute Gasteiger partial charge is 0.268 e. The predicted molar refractivity (Wildman–Crippen MR) is 128 cm³/mol. The molecule has 0 radical (unpaired) electrons. The second kappa shape index (κ2) is 10.4. The molecule has 1 aliphatic rings. The lowest BCUT2D eigenvalue weighted by Crippen LogP contribution is -2.35. The van der Waals surface area contributed by atoms with Crippen LogP contribution in [0.1, 0.15) is 36.2 Å². The van der Waals surface area contributed by atoms with Crippen molar-refractivity contribution >= 4 is 40.2 Å². The first kappa shape index (κ1) is 22.1. The van der Waals surface area contributed by atoms with E-state index in [4.69, 9.17) is 16.3 Å². The zero-order chi connectivity index (χ0) is 21.6. The Hall–Kier alpha value is -2.15. The van der Waals surface area contributed by atoms with E-state index in [1.165, 1.54) is 25.7 Å². The van der Waals surface area contributed by atoms with Gasteiger partial charge in [-0.05, 0) is 62.3 Å². The van der Waals surface area contributed by atoms with Crippen molar-refractivity contribution in [3.8, 4) is 5.75 Å². The number of ether oxygens (including phenoxy) is 1. The number of aromatic nitrogens is 1. The lowest BCUT2D eigenvalue weighted by molar-refractivity contribution is 0.0941. The van der Waals surface area contributed by atoms with Gasteiger partial charge in [0, 0.05) is 34.5 Å². The van der Waals surface area contributed by atoms with Crippen LogP contribution in [0.15, 0.2) is 52.3 Å². The molecule has 1 aliphatic heterocycles. The van der Waals surface area contributed by atoms with E-state index in [1.54, 1.807) is 18.9 Å². The van der Waals surface area contributed by atoms with Gasteiger partial charge in [0.1, 0.15) is 11.4 Å². The Bertz CT molecular complexity index is 1030. The zero-order valence-electron chi connectivity index (χ0n) is 17.7. The van der Waals surface area contributed by atoms with Crippen molar-refractivity contribution in [2.24, 2.45) is 0 Å². The monoisotopic (exact) mass is 457 g/mol. The molecule has 0 aliphatic carbocycles. The second-order valence-corrected chi connectivity index (χ2v) is 9.33. The molecule has 3 aromatic rings. The number of hydrogen-bond donors (Lipinski definition) is 2. The SMILES string of the molecule is COc1ccc2c(Sc3ccc(Cl)cc3)c(C(=O)NCCN3CCCCCC3)[nH]c2c1. The number of nitrogens with one attached hydrogen (secondary N) is 2. The van der Waals surface area contributed by atoms with E-state index < -0.39 is 0 Å². The average Bonchev–Trinajstić information content (AvgIpc) is 2.94. The van der Waals surface area contributed by atoms with Gasteiger partial charge in [0.05, 0.1) is 17.5 Å². The van der Waals surface area contributed by atoms with Crippen LogP contribution in [0.25, 0.3) is 10.9 Å². The van der Waals surface area contributed by atoms with Gasteiger partial charge in [-0.3, -0.25) is 4.79 Å². The Morgan fingerprint density at radius 2 is 1.87 bits per heavy atom. The number of carbonyl (C=O) groups excluding carboxylic acids is 1. The summed E-state index contributed by atoms with van der Waals surface area (Å²) in [5.41, 5.74) is 1.47. The van der Waals surface area contributed by atoms with Gasteiger partial charge < -0.3 is 19.9 Å². The van der Waals surface area contributed by atoms with E-state index in [2.05, 4.69) is 15.2 Å². The Morgan fingerprint density at radius 1 is 1.13 bits per heavy atom. The molecule has 7 heteroatoms. The normalized spacial score (nSPS) is 15.0.